The second-order valence-electron chi connectivity index (χ2n) is 6.19. The van der Waals surface area contributed by atoms with Crippen molar-refractivity contribution in [3.63, 3.8) is 0 Å². The summed E-state index contributed by atoms with van der Waals surface area (Å²) in [4.78, 5) is 26.7. The maximum absolute atomic E-state index is 12.9. The second-order valence-corrected chi connectivity index (χ2v) is 6.19. The molecule has 1 amide bonds. The highest BCUT2D eigenvalue weighted by Crippen LogP contribution is 2.26. The van der Waals surface area contributed by atoms with E-state index in [1.165, 1.54) is 0 Å². The summed E-state index contributed by atoms with van der Waals surface area (Å²) >= 11 is 0. The fraction of sp³-hybridized carbons (Fsp3) is 0.389. The molecule has 0 aliphatic carbocycles. The number of hydrogen-bond acceptors (Lipinski definition) is 4. The average Bonchev–Trinajstić information content (AvgIpc) is 2.58. The first-order valence-electron chi connectivity index (χ1n) is 8.03. The monoisotopic (exact) mass is 327 g/mol. The number of H-pyrrole nitrogens is 1. The minimum Gasteiger partial charge on any atom is -0.367 e. The topological polar surface area (TPSA) is 75.3 Å². The molecule has 1 fully saturated rings. The van der Waals surface area contributed by atoms with Gasteiger partial charge in [-0.15, -0.1) is 0 Å². The maximum Gasteiger partial charge on any atom is 0.277 e. The van der Waals surface area contributed by atoms with Crippen molar-refractivity contribution in [3.8, 4) is 0 Å². The number of morpholine rings is 1. The van der Waals surface area contributed by atoms with Crippen LogP contribution in [0.5, 0.6) is 0 Å². The number of ether oxygens (including phenoxy) is 1. The smallest absolute Gasteiger partial charge is 0.277 e. The number of rotatable bonds is 2. The van der Waals surface area contributed by atoms with Crippen molar-refractivity contribution in [2.24, 2.45) is 0 Å². The van der Waals surface area contributed by atoms with Gasteiger partial charge in [0.25, 0.3) is 11.5 Å². The van der Waals surface area contributed by atoms with Crippen molar-refractivity contribution in [1.82, 2.24) is 15.1 Å². The fourth-order valence-corrected chi connectivity index (χ4v) is 3.01. The molecule has 24 heavy (non-hydrogen) atoms. The number of nitrogens with zero attached hydrogens (tertiary/aromatic N) is 2. The van der Waals surface area contributed by atoms with Crippen LogP contribution >= 0.6 is 0 Å². The van der Waals surface area contributed by atoms with Crippen LogP contribution in [-0.4, -0.2) is 40.2 Å². The number of nitrogens with one attached hydrogen (secondary N) is 1. The highest BCUT2D eigenvalue weighted by Gasteiger charge is 2.31. The number of hydrogen-bond donors (Lipinski definition) is 1. The summed E-state index contributed by atoms with van der Waals surface area (Å²) in [6, 6.07) is 9.82. The molecule has 2 atom stereocenters. The first kappa shape index (κ1) is 16.4. The molecular weight excluding hydrogens is 306 g/mol. The van der Waals surface area contributed by atoms with E-state index in [0.29, 0.717) is 24.3 Å². The van der Waals surface area contributed by atoms with Crippen molar-refractivity contribution in [2.75, 3.05) is 13.1 Å². The molecule has 2 aromatic rings. The predicted molar refractivity (Wildman–Crippen MR) is 90.0 cm³/mol. The van der Waals surface area contributed by atoms with Crippen LogP contribution in [0.4, 0.5) is 0 Å². The molecule has 0 radical (unpaired) electrons. The minimum absolute atomic E-state index is 0.102. The zero-order chi connectivity index (χ0) is 17.3. The van der Waals surface area contributed by atoms with Crippen LogP contribution in [0, 0.1) is 13.8 Å². The lowest BCUT2D eigenvalue weighted by Gasteiger charge is -2.37. The summed E-state index contributed by atoms with van der Waals surface area (Å²) in [6.07, 6.45) is -0.295. The molecule has 3 rings (SSSR count). The molecule has 6 heteroatoms. The van der Waals surface area contributed by atoms with Gasteiger partial charge in [-0.25, -0.2) is 5.10 Å². The van der Waals surface area contributed by atoms with Gasteiger partial charge in [0.05, 0.1) is 18.3 Å². The van der Waals surface area contributed by atoms with E-state index < -0.39 is 5.56 Å². The van der Waals surface area contributed by atoms with Gasteiger partial charge >= 0.3 is 0 Å². The van der Waals surface area contributed by atoms with Gasteiger partial charge in [-0.1, -0.05) is 30.3 Å². The quantitative estimate of drug-likeness (QED) is 0.915. The van der Waals surface area contributed by atoms with Gasteiger partial charge < -0.3 is 9.64 Å². The molecule has 0 unspecified atom stereocenters. The van der Waals surface area contributed by atoms with Gasteiger partial charge in [0.1, 0.15) is 11.7 Å². The van der Waals surface area contributed by atoms with Crippen LogP contribution in [0.3, 0.4) is 0 Å². The molecule has 126 valence electrons. The van der Waals surface area contributed by atoms with Crippen LogP contribution in [0.15, 0.2) is 35.1 Å². The number of aromatic amines is 1. The van der Waals surface area contributed by atoms with Gasteiger partial charge in [0.15, 0.2) is 0 Å². The lowest BCUT2D eigenvalue weighted by atomic mass is 10.0. The van der Waals surface area contributed by atoms with E-state index in [4.69, 9.17) is 4.74 Å². The lowest BCUT2D eigenvalue weighted by molar-refractivity contribution is -0.0692. The van der Waals surface area contributed by atoms with Gasteiger partial charge in [0, 0.05) is 6.54 Å². The Morgan fingerprint density at radius 3 is 2.67 bits per heavy atom. The maximum atomic E-state index is 12.9. The highest BCUT2D eigenvalue weighted by molar-refractivity contribution is 5.95. The second kappa shape index (κ2) is 6.57. The van der Waals surface area contributed by atoms with Crippen LogP contribution in [-0.2, 0) is 4.74 Å². The fourth-order valence-electron chi connectivity index (χ4n) is 3.01. The van der Waals surface area contributed by atoms with E-state index in [-0.39, 0.29) is 23.7 Å². The molecule has 1 aromatic heterocycles. The Hall–Kier alpha value is -2.47. The summed E-state index contributed by atoms with van der Waals surface area (Å²) in [6.45, 7) is 6.35. The number of amides is 1. The molecular formula is C18H21N3O3. The summed E-state index contributed by atoms with van der Waals surface area (Å²) < 4.78 is 5.98. The van der Waals surface area contributed by atoms with Gasteiger partial charge in [-0.3, -0.25) is 9.59 Å². The lowest BCUT2D eigenvalue weighted by Crippen LogP contribution is -2.47. The van der Waals surface area contributed by atoms with Crippen molar-refractivity contribution in [2.45, 2.75) is 33.0 Å². The van der Waals surface area contributed by atoms with Crippen LogP contribution in [0.25, 0.3) is 0 Å². The van der Waals surface area contributed by atoms with Crippen molar-refractivity contribution < 1.29 is 9.53 Å². The number of carbonyl (C=O) groups excluding carboxylic acids is 1. The number of carbonyl (C=O) groups is 1. The van der Waals surface area contributed by atoms with E-state index in [1.54, 1.807) is 18.7 Å². The van der Waals surface area contributed by atoms with Gasteiger partial charge in [0.2, 0.25) is 0 Å². The molecule has 1 aliphatic rings. The summed E-state index contributed by atoms with van der Waals surface area (Å²) in [5.41, 5.74) is 2.03. The third-order valence-corrected chi connectivity index (χ3v) is 4.40. The minimum atomic E-state index is -0.446. The zero-order valence-corrected chi connectivity index (χ0v) is 14.1. The SMILES string of the molecule is Cc1n[nH]c(=O)c(C(=O)N2C[C@@H](c3ccccc3)O[C@@H](C)C2)c1C. The number of aromatic nitrogens is 2. The zero-order valence-electron chi connectivity index (χ0n) is 14.1. The van der Waals surface area contributed by atoms with Crippen molar-refractivity contribution in [1.29, 1.82) is 0 Å². The van der Waals surface area contributed by atoms with E-state index in [0.717, 1.165) is 5.56 Å². The average molecular weight is 327 g/mol. The van der Waals surface area contributed by atoms with Gasteiger partial charge in [-0.05, 0) is 31.9 Å². The Kier molecular flexibility index (Phi) is 4.49. The largest absolute Gasteiger partial charge is 0.367 e. The molecule has 0 bridgehead atoms. The molecule has 1 aromatic carbocycles. The van der Waals surface area contributed by atoms with E-state index in [1.807, 2.05) is 37.3 Å². The first-order chi connectivity index (χ1) is 11.5. The summed E-state index contributed by atoms with van der Waals surface area (Å²) in [5, 5.41) is 6.31. The van der Waals surface area contributed by atoms with Crippen LogP contribution < -0.4 is 5.56 Å². The third-order valence-electron chi connectivity index (χ3n) is 4.40. The molecule has 1 saturated heterocycles. The van der Waals surface area contributed by atoms with Crippen molar-refractivity contribution in [3.05, 3.63) is 63.1 Å². The summed E-state index contributed by atoms with van der Waals surface area (Å²) in [7, 11) is 0. The molecule has 1 aliphatic heterocycles. The summed E-state index contributed by atoms with van der Waals surface area (Å²) in [5.74, 6) is -0.268. The Morgan fingerprint density at radius 2 is 1.96 bits per heavy atom. The third kappa shape index (κ3) is 3.10. The molecule has 6 nitrogen and oxygen atoms in total. The Labute approximate surface area is 140 Å². The molecule has 0 spiro atoms. The van der Waals surface area contributed by atoms with Crippen LogP contribution in [0.1, 0.15) is 40.2 Å². The Bertz CT molecular complexity index is 801. The molecule has 0 saturated carbocycles. The van der Waals surface area contributed by atoms with Gasteiger partial charge in [-0.2, -0.15) is 5.10 Å². The molecule has 1 N–H and O–H groups in total. The van der Waals surface area contributed by atoms with E-state index in [9.17, 15) is 9.59 Å². The standard InChI is InChI=1S/C18H21N3O3/c1-11-9-21(10-15(24-11)14-7-5-4-6-8-14)18(23)16-12(2)13(3)19-20-17(16)22/h4-8,11,15H,9-10H2,1-3H3,(H,20,22)/t11-,15-/m0/s1. The van der Waals surface area contributed by atoms with E-state index in [2.05, 4.69) is 10.2 Å². The Balaban J connectivity index is 1.90. The van der Waals surface area contributed by atoms with Crippen LogP contribution in [0.2, 0.25) is 0 Å². The van der Waals surface area contributed by atoms with Crippen molar-refractivity contribution >= 4 is 5.91 Å². The number of aryl methyl sites for hydroxylation is 1. The normalized spacial score (nSPS) is 20.9. The Morgan fingerprint density at radius 1 is 1.25 bits per heavy atom. The number of benzene rings is 1. The van der Waals surface area contributed by atoms with E-state index >= 15 is 0 Å². The first-order valence-corrected chi connectivity index (χ1v) is 8.03. The predicted octanol–water partition coefficient (Wildman–Crippen LogP) is 1.99. The highest BCUT2D eigenvalue weighted by atomic mass is 16.5. The molecule has 2 heterocycles.